The molecule has 0 aliphatic carbocycles. The number of likely N-dealkylation sites (N-methyl/N-ethyl adjacent to an activating group) is 1. The van der Waals surface area contributed by atoms with Crippen LogP contribution in [-0.4, -0.2) is 49.6 Å². The fraction of sp³-hybridized carbons (Fsp3) is 0.857. The molecule has 2 atom stereocenters. The Bertz CT molecular complexity index is 298. The number of carboxylic acid groups (broad SMARTS) is 1. The molecule has 0 rings (SSSR count). The van der Waals surface area contributed by atoms with Crippen LogP contribution in [0.15, 0.2) is 0 Å². The zero-order valence-electron chi connectivity index (χ0n) is 12.9. The van der Waals surface area contributed by atoms with E-state index in [1.54, 1.807) is 21.1 Å². The Hall–Kier alpha value is -1.10. The molecule has 0 saturated heterocycles. The molecule has 0 fully saturated rings. The molecule has 0 spiro atoms. The molecular weight excluding hydrogens is 244 g/mol. The highest BCUT2D eigenvalue weighted by Crippen LogP contribution is 2.11. The smallest absolute Gasteiger partial charge is 0.220 e. The maximum absolute atomic E-state index is 11.8. The number of unbranched alkanes of at least 4 members (excludes halogenated alkanes) is 2. The lowest BCUT2D eigenvalue weighted by Gasteiger charge is -2.39. The molecule has 112 valence electrons. The van der Waals surface area contributed by atoms with E-state index in [0.29, 0.717) is 12.8 Å². The topological polar surface area (TPSA) is 69.2 Å². The highest BCUT2D eigenvalue weighted by molar-refractivity contribution is 5.78. The number of aliphatic carboxylic acids is 1. The number of nitrogens with one attached hydrogen (secondary N) is 1. The summed E-state index contributed by atoms with van der Waals surface area (Å²) in [5.41, 5.74) is 0. The number of carbonyl (C=O) groups is 2. The van der Waals surface area contributed by atoms with Crippen molar-refractivity contribution in [2.75, 3.05) is 21.1 Å². The predicted molar refractivity (Wildman–Crippen MR) is 73.2 cm³/mol. The number of hydrogen-bond acceptors (Lipinski definition) is 3. The molecule has 1 N–H and O–H groups in total. The molecular formula is C14H28N2O3. The molecule has 0 bridgehead atoms. The maximum Gasteiger partial charge on any atom is 0.220 e. The minimum Gasteiger partial charge on any atom is -0.544 e. The molecule has 1 amide bonds. The van der Waals surface area contributed by atoms with Gasteiger partial charge in [-0.25, -0.2) is 0 Å². The third-order valence-corrected chi connectivity index (χ3v) is 3.25. The van der Waals surface area contributed by atoms with Crippen molar-refractivity contribution in [2.45, 2.75) is 58.0 Å². The Morgan fingerprint density at radius 1 is 1.16 bits per heavy atom. The first-order valence-electron chi connectivity index (χ1n) is 7.05. The van der Waals surface area contributed by atoms with Gasteiger partial charge < -0.3 is 19.7 Å². The van der Waals surface area contributed by atoms with E-state index in [1.807, 2.05) is 6.92 Å². The molecule has 0 aliphatic heterocycles. The molecule has 0 saturated carbocycles. The normalized spacial score (nSPS) is 14.8. The zero-order valence-corrected chi connectivity index (χ0v) is 12.9. The number of carboxylic acids is 1. The van der Waals surface area contributed by atoms with Crippen LogP contribution in [-0.2, 0) is 9.59 Å². The number of nitrogens with zero attached hydrogens (tertiary/aromatic N) is 1. The first-order chi connectivity index (χ1) is 8.73. The van der Waals surface area contributed by atoms with Crippen LogP contribution in [0.25, 0.3) is 0 Å². The van der Waals surface area contributed by atoms with E-state index in [0.717, 1.165) is 19.3 Å². The van der Waals surface area contributed by atoms with Gasteiger partial charge in [0.05, 0.1) is 27.2 Å². The molecule has 0 aliphatic rings. The van der Waals surface area contributed by atoms with E-state index >= 15 is 0 Å². The first kappa shape index (κ1) is 17.9. The largest absolute Gasteiger partial charge is 0.544 e. The van der Waals surface area contributed by atoms with Gasteiger partial charge in [0.2, 0.25) is 5.91 Å². The Morgan fingerprint density at radius 2 is 1.74 bits per heavy atom. The molecule has 0 heterocycles. The number of rotatable bonds is 9. The SMILES string of the molecule is CCCCCC(=O)NC(CC)C(C(=O)[O-])[N+](C)(C)C. The van der Waals surface area contributed by atoms with Crippen LogP contribution in [0.1, 0.15) is 46.0 Å². The molecule has 0 aromatic rings. The second kappa shape index (κ2) is 8.15. The quantitative estimate of drug-likeness (QED) is 0.484. The summed E-state index contributed by atoms with van der Waals surface area (Å²) < 4.78 is 0.232. The summed E-state index contributed by atoms with van der Waals surface area (Å²) in [6, 6.07) is -1.13. The molecule has 0 radical (unpaired) electrons. The van der Waals surface area contributed by atoms with Gasteiger partial charge in [-0.2, -0.15) is 0 Å². The van der Waals surface area contributed by atoms with E-state index in [9.17, 15) is 14.7 Å². The van der Waals surface area contributed by atoms with Crippen LogP contribution in [0.3, 0.4) is 0 Å². The van der Waals surface area contributed by atoms with Gasteiger partial charge in [0.25, 0.3) is 0 Å². The van der Waals surface area contributed by atoms with Crippen LogP contribution < -0.4 is 10.4 Å². The summed E-state index contributed by atoms with van der Waals surface area (Å²) >= 11 is 0. The lowest BCUT2D eigenvalue weighted by atomic mass is 10.0. The molecule has 5 nitrogen and oxygen atoms in total. The highest BCUT2D eigenvalue weighted by Gasteiger charge is 2.33. The maximum atomic E-state index is 11.8. The molecule has 0 aromatic carbocycles. The minimum absolute atomic E-state index is 0.0694. The lowest BCUT2D eigenvalue weighted by molar-refractivity contribution is -0.890. The molecule has 2 unspecified atom stereocenters. The van der Waals surface area contributed by atoms with Crippen molar-refractivity contribution in [3.63, 3.8) is 0 Å². The predicted octanol–water partition coefficient (Wildman–Crippen LogP) is 0.286. The van der Waals surface area contributed by atoms with Gasteiger partial charge in [-0.05, 0) is 12.8 Å². The standard InChI is InChI=1S/C14H28N2O3/c1-6-8-9-10-12(17)15-11(7-2)13(14(18)19)16(3,4)5/h11,13H,6-10H2,1-5H3,(H-,15,17,18,19). The summed E-state index contributed by atoms with van der Waals surface area (Å²) in [5, 5.41) is 14.1. The Balaban J connectivity index is 4.62. The Kier molecular flexibility index (Phi) is 7.68. The second-order valence-corrected chi connectivity index (χ2v) is 5.92. The highest BCUT2D eigenvalue weighted by atomic mass is 16.4. The average Bonchev–Trinajstić information content (AvgIpc) is 2.26. The van der Waals surface area contributed by atoms with E-state index < -0.39 is 12.0 Å². The summed E-state index contributed by atoms with van der Waals surface area (Å²) in [7, 11) is 5.39. The summed E-state index contributed by atoms with van der Waals surface area (Å²) in [5.74, 6) is -1.19. The van der Waals surface area contributed by atoms with Gasteiger partial charge in [0.15, 0.2) is 0 Å². The van der Waals surface area contributed by atoms with Crippen LogP contribution in [0.2, 0.25) is 0 Å². The van der Waals surface area contributed by atoms with Gasteiger partial charge in [0, 0.05) is 6.42 Å². The van der Waals surface area contributed by atoms with Gasteiger partial charge in [-0.15, -0.1) is 0 Å². The fourth-order valence-corrected chi connectivity index (χ4v) is 2.24. The van der Waals surface area contributed by atoms with Crippen LogP contribution in [0.4, 0.5) is 0 Å². The molecule has 5 heteroatoms. The van der Waals surface area contributed by atoms with E-state index in [1.165, 1.54) is 0 Å². The van der Waals surface area contributed by atoms with Crippen molar-refractivity contribution in [2.24, 2.45) is 0 Å². The zero-order chi connectivity index (χ0) is 15.1. The summed E-state index contributed by atoms with van der Waals surface area (Å²) in [6.45, 7) is 3.96. The monoisotopic (exact) mass is 272 g/mol. The van der Waals surface area contributed by atoms with Gasteiger partial charge in [0.1, 0.15) is 12.0 Å². The molecule has 19 heavy (non-hydrogen) atoms. The van der Waals surface area contributed by atoms with E-state index in [2.05, 4.69) is 12.2 Å². The number of carbonyl (C=O) groups excluding carboxylic acids is 2. The number of amides is 1. The summed E-state index contributed by atoms with van der Waals surface area (Å²) in [6.07, 6.45) is 3.96. The van der Waals surface area contributed by atoms with Crippen molar-refractivity contribution in [1.82, 2.24) is 5.32 Å². The molecule has 0 aromatic heterocycles. The Labute approximate surface area is 116 Å². The van der Waals surface area contributed by atoms with Crippen molar-refractivity contribution in [3.05, 3.63) is 0 Å². The third-order valence-electron chi connectivity index (χ3n) is 3.25. The lowest BCUT2D eigenvalue weighted by Crippen LogP contribution is -2.64. The third kappa shape index (κ3) is 6.57. The minimum atomic E-state index is -1.12. The fourth-order valence-electron chi connectivity index (χ4n) is 2.24. The van der Waals surface area contributed by atoms with Crippen molar-refractivity contribution >= 4 is 11.9 Å². The van der Waals surface area contributed by atoms with Crippen LogP contribution in [0.5, 0.6) is 0 Å². The van der Waals surface area contributed by atoms with Gasteiger partial charge in [-0.3, -0.25) is 4.79 Å². The van der Waals surface area contributed by atoms with Crippen molar-refractivity contribution in [1.29, 1.82) is 0 Å². The van der Waals surface area contributed by atoms with Gasteiger partial charge in [-0.1, -0.05) is 26.7 Å². The van der Waals surface area contributed by atoms with Crippen molar-refractivity contribution < 1.29 is 19.2 Å². The number of hydrogen-bond donors (Lipinski definition) is 1. The van der Waals surface area contributed by atoms with E-state index in [4.69, 9.17) is 0 Å². The van der Waals surface area contributed by atoms with Crippen LogP contribution in [0, 0.1) is 0 Å². The van der Waals surface area contributed by atoms with E-state index in [-0.39, 0.29) is 16.4 Å². The van der Waals surface area contributed by atoms with Crippen molar-refractivity contribution in [3.8, 4) is 0 Å². The Morgan fingerprint density at radius 3 is 2.11 bits per heavy atom. The summed E-state index contributed by atoms with van der Waals surface area (Å²) in [4.78, 5) is 23.1. The average molecular weight is 272 g/mol. The first-order valence-corrected chi connectivity index (χ1v) is 7.05. The number of quaternary nitrogens is 1. The van der Waals surface area contributed by atoms with Gasteiger partial charge >= 0.3 is 0 Å². The second-order valence-electron chi connectivity index (χ2n) is 5.92. The van der Waals surface area contributed by atoms with Crippen LogP contribution >= 0.6 is 0 Å².